The average molecular weight is 590 g/mol. The van der Waals surface area contributed by atoms with E-state index in [2.05, 4.69) is 10.3 Å². The summed E-state index contributed by atoms with van der Waals surface area (Å²) in [4.78, 5) is 12.1. The Hall–Kier alpha value is -2.74. The van der Waals surface area contributed by atoms with Crippen molar-refractivity contribution in [3.8, 4) is 11.3 Å². The summed E-state index contributed by atoms with van der Waals surface area (Å²) in [6.07, 6.45) is -2.98. The molecule has 4 rings (SSSR count). The highest BCUT2D eigenvalue weighted by Gasteiger charge is 2.47. The second-order valence-corrected chi connectivity index (χ2v) is 9.56. The molecule has 0 amide bonds. The van der Waals surface area contributed by atoms with E-state index in [9.17, 15) is 28.2 Å². The van der Waals surface area contributed by atoms with Crippen molar-refractivity contribution in [3.63, 3.8) is 0 Å². The molecule has 5 atom stereocenters. The third kappa shape index (κ3) is 6.53. The minimum absolute atomic E-state index is 0.0304. The molecule has 1 aromatic heterocycles. The Kier molecular flexibility index (Phi) is 9.47. The molecule has 0 unspecified atom stereocenters. The van der Waals surface area contributed by atoms with Crippen LogP contribution < -0.4 is 0 Å². The number of nitrogens with zero attached hydrogens (tertiary/aromatic N) is 3. The number of hydrogen-bond donors (Lipinski definition) is 2. The number of rotatable bonds is 9. The first-order valence-corrected chi connectivity index (χ1v) is 12.6. The minimum Gasteiger partial charge on any atom is -0.464 e. The van der Waals surface area contributed by atoms with Crippen LogP contribution in [0.25, 0.3) is 11.3 Å². The Morgan fingerprint density at radius 1 is 1.13 bits per heavy atom. The zero-order valence-corrected chi connectivity index (χ0v) is 22.0. The molecule has 1 aliphatic heterocycles. The zero-order valence-electron chi connectivity index (χ0n) is 20.4. The van der Waals surface area contributed by atoms with Gasteiger partial charge in [0.2, 0.25) is 0 Å². The molecule has 2 heterocycles. The Bertz CT molecular complexity index is 1310. The van der Waals surface area contributed by atoms with E-state index in [-0.39, 0.29) is 24.3 Å². The van der Waals surface area contributed by atoms with Crippen molar-refractivity contribution in [2.75, 3.05) is 19.8 Å². The van der Waals surface area contributed by atoms with Crippen molar-refractivity contribution in [3.05, 3.63) is 69.6 Å². The van der Waals surface area contributed by atoms with Crippen molar-refractivity contribution >= 4 is 29.2 Å². The van der Waals surface area contributed by atoms with Gasteiger partial charge in [-0.05, 0) is 36.8 Å². The molecule has 2 aromatic carbocycles. The number of aliphatic hydroxyl groups is 2. The summed E-state index contributed by atoms with van der Waals surface area (Å²) < 4.78 is 59.1. The van der Waals surface area contributed by atoms with Gasteiger partial charge in [0.05, 0.1) is 35.6 Å². The maximum atomic E-state index is 13.8. The van der Waals surface area contributed by atoms with E-state index in [0.717, 1.165) is 12.1 Å². The molecule has 0 aliphatic carbocycles. The fourth-order valence-corrected chi connectivity index (χ4v) is 4.69. The number of halogens is 5. The van der Waals surface area contributed by atoms with Gasteiger partial charge in [-0.25, -0.2) is 22.6 Å². The van der Waals surface area contributed by atoms with Gasteiger partial charge in [-0.15, -0.1) is 5.10 Å². The molecule has 0 saturated carbocycles. The van der Waals surface area contributed by atoms with Crippen molar-refractivity contribution in [2.45, 2.75) is 43.8 Å². The summed E-state index contributed by atoms with van der Waals surface area (Å²) in [5.41, 5.74) is 0.550. The number of carbonyl (C=O) groups excluding carboxylic acids is 1. The highest BCUT2D eigenvalue weighted by Crippen LogP contribution is 2.35. The van der Waals surface area contributed by atoms with Gasteiger partial charge in [-0.1, -0.05) is 34.5 Å². The molecule has 1 aliphatic rings. The number of carbonyl (C=O) groups is 1. The van der Waals surface area contributed by atoms with Gasteiger partial charge in [0.25, 0.3) is 0 Å². The van der Waals surface area contributed by atoms with Crippen LogP contribution in [-0.2, 0) is 25.4 Å². The third-order valence-corrected chi connectivity index (χ3v) is 6.92. The van der Waals surface area contributed by atoms with E-state index in [0.29, 0.717) is 15.6 Å². The molecule has 39 heavy (non-hydrogen) atoms. The van der Waals surface area contributed by atoms with Gasteiger partial charge < -0.3 is 24.4 Å². The largest absolute Gasteiger partial charge is 0.464 e. The lowest BCUT2D eigenvalue weighted by atomic mass is 9.89. The molecular weight excluding hydrogens is 566 g/mol. The molecule has 0 spiro atoms. The fourth-order valence-electron chi connectivity index (χ4n) is 4.37. The second-order valence-electron chi connectivity index (χ2n) is 8.75. The average Bonchev–Trinajstić information content (AvgIpc) is 3.39. The minimum atomic E-state index is -1.63. The third-order valence-electron chi connectivity index (χ3n) is 6.18. The summed E-state index contributed by atoms with van der Waals surface area (Å²) in [5, 5.41) is 29.6. The SMILES string of the molecule is CCOC(=O)CO[C@@H]1[C@@H](n2cc(-c3cc(F)c(F)c(F)c3)nn2)[C@@H](O)[C@@H](CO)O[C@@H]1Cc1ccc(Cl)c(Cl)c1. The van der Waals surface area contributed by atoms with Crippen LogP contribution in [0.3, 0.4) is 0 Å². The van der Waals surface area contributed by atoms with Crippen LogP contribution in [0, 0.1) is 17.5 Å². The van der Waals surface area contributed by atoms with Gasteiger partial charge in [0, 0.05) is 12.0 Å². The summed E-state index contributed by atoms with van der Waals surface area (Å²) >= 11 is 12.2. The van der Waals surface area contributed by atoms with E-state index in [1.54, 1.807) is 25.1 Å². The number of benzene rings is 2. The quantitative estimate of drug-likeness (QED) is 0.288. The maximum Gasteiger partial charge on any atom is 0.332 e. The van der Waals surface area contributed by atoms with Gasteiger partial charge in [-0.3, -0.25) is 0 Å². The first-order valence-electron chi connectivity index (χ1n) is 11.8. The lowest BCUT2D eigenvalue weighted by Crippen LogP contribution is -2.57. The maximum absolute atomic E-state index is 13.8. The molecule has 2 N–H and O–H groups in total. The fraction of sp³-hybridized carbons (Fsp3) is 0.400. The molecule has 1 fully saturated rings. The number of aromatic nitrogens is 3. The number of hydrogen-bond acceptors (Lipinski definition) is 8. The smallest absolute Gasteiger partial charge is 0.332 e. The molecule has 210 valence electrons. The van der Waals surface area contributed by atoms with Gasteiger partial charge in [0.1, 0.15) is 36.7 Å². The van der Waals surface area contributed by atoms with Crippen LogP contribution in [0.2, 0.25) is 10.0 Å². The van der Waals surface area contributed by atoms with Crippen molar-refractivity contribution in [2.24, 2.45) is 0 Å². The van der Waals surface area contributed by atoms with E-state index in [4.69, 9.17) is 37.4 Å². The van der Waals surface area contributed by atoms with Gasteiger partial charge in [0.15, 0.2) is 17.5 Å². The first kappa shape index (κ1) is 29.2. The molecule has 3 aromatic rings. The van der Waals surface area contributed by atoms with E-state index in [1.165, 1.54) is 10.9 Å². The Balaban J connectivity index is 1.71. The van der Waals surface area contributed by atoms with Crippen molar-refractivity contribution in [1.29, 1.82) is 0 Å². The summed E-state index contributed by atoms with van der Waals surface area (Å²) in [5.74, 6) is -5.12. The van der Waals surface area contributed by atoms with Crippen LogP contribution in [0.1, 0.15) is 18.5 Å². The first-order chi connectivity index (χ1) is 18.6. The molecule has 0 bridgehead atoms. The Labute approximate surface area is 231 Å². The van der Waals surface area contributed by atoms with Crippen LogP contribution >= 0.6 is 23.2 Å². The topological polar surface area (TPSA) is 116 Å². The highest BCUT2D eigenvalue weighted by atomic mass is 35.5. The molecule has 14 heteroatoms. The van der Waals surface area contributed by atoms with Crippen molar-refractivity contribution in [1.82, 2.24) is 15.0 Å². The van der Waals surface area contributed by atoms with Crippen molar-refractivity contribution < 1.29 is 42.4 Å². The van der Waals surface area contributed by atoms with E-state index in [1.807, 2.05) is 0 Å². The van der Waals surface area contributed by atoms with Gasteiger partial charge >= 0.3 is 5.97 Å². The predicted octanol–water partition coefficient (Wildman–Crippen LogP) is 3.52. The normalized spacial score (nSPS) is 23.1. The molecule has 1 saturated heterocycles. The monoisotopic (exact) mass is 589 g/mol. The lowest BCUT2D eigenvalue weighted by Gasteiger charge is -2.44. The van der Waals surface area contributed by atoms with Crippen LogP contribution in [-0.4, -0.2) is 75.4 Å². The lowest BCUT2D eigenvalue weighted by molar-refractivity contribution is -0.220. The van der Waals surface area contributed by atoms with E-state index < -0.39 is 67.1 Å². The second kappa shape index (κ2) is 12.6. The number of esters is 1. The van der Waals surface area contributed by atoms with Crippen LogP contribution in [0.5, 0.6) is 0 Å². The Morgan fingerprint density at radius 3 is 2.49 bits per heavy atom. The summed E-state index contributed by atoms with van der Waals surface area (Å²) in [6, 6.07) is 5.34. The number of ether oxygens (including phenoxy) is 3. The van der Waals surface area contributed by atoms with Crippen LogP contribution in [0.4, 0.5) is 13.2 Å². The zero-order chi connectivity index (χ0) is 28.3. The number of aliphatic hydroxyl groups excluding tert-OH is 2. The van der Waals surface area contributed by atoms with E-state index >= 15 is 0 Å². The van der Waals surface area contributed by atoms with Crippen LogP contribution in [0.15, 0.2) is 36.5 Å². The molecule has 0 radical (unpaired) electrons. The highest BCUT2D eigenvalue weighted by molar-refractivity contribution is 6.42. The summed E-state index contributed by atoms with van der Waals surface area (Å²) in [6.45, 7) is 0.676. The van der Waals surface area contributed by atoms with Gasteiger partial charge in [-0.2, -0.15) is 0 Å². The molecule has 9 nitrogen and oxygen atoms in total. The Morgan fingerprint density at radius 2 is 1.85 bits per heavy atom. The molecular formula is C25H24Cl2F3N3O6. The predicted molar refractivity (Wildman–Crippen MR) is 133 cm³/mol. The standard InChI is InChI=1S/C25H24Cl2F3N3O6/c1-2-37-21(35)11-38-25-19(6-12-3-4-14(26)15(27)5-12)39-20(10-34)24(36)23(25)33-9-18(31-32-33)13-7-16(28)22(30)17(29)8-13/h3-5,7-9,19-20,23-25,34,36H,2,6,10-11H2,1H3/t19-,20-,23+,24+,25+/m1/s1. The summed E-state index contributed by atoms with van der Waals surface area (Å²) in [7, 11) is 0.